The van der Waals surface area contributed by atoms with E-state index in [1.807, 2.05) is 0 Å². The SMILES string of the molecule is Cn1cc2c3c(cccc31)CCNC2. The van der Waals surface area contributed by atoms with Gasteiger partial charge in [-0.05, 0) is 30.2 Å². The third-order valence-corrected chi connectivity index (χ3v) is 3.07. The van der Waals surface area contributed by atoms with E-state index in [0.29, 0.717) is 0 Å². The van der Waals surface area contributed by atoms with Crippen LogP contribution in [0.25, 0.3) is 10.9 Å². The van der Waals surface area contributed by atoms with E-state index in [1.165, 1.54) is 22.0 Å². The molecule has 0 unspecified atom stereocenters. The molecule has 0 amide bonds. The summed E-state index contributed by atoms with van der Waals surface area (Å²) in [5.74, 6) is 0. The molecule has 14 heavy (non-hydrogen) atoms. The van der Waals surface area contributed by atoms with Gasteiger partial charge in [0.15, 0.2) is 0 Å². The second-order valence-electron chi connectivity index (χ2n) is 4.00. The Balaban J connectivity index is 2.42. The van der Waals surface area contributed by atoms with Gasteiger partial charge in [0.25, 0.3) is 0 Å². The van der Waals surface area contributed by atoms with E-state index in [0.717, 1.165) is 19.5 Å². The van der Waals surface area contributed by atoms with E-state index in [9.17, 15) is 0 Å². The van der Waals surface area contributed by atoms with Gasteiger partial charge in [-0.3, -0.25) is 0 Å². The van der Waals surface area contributed by atoms with Crippen molar-refractivity contribution < 1.29 is 0 Å². The summed E-state index contributed by atoms with van der Waals surface area (Å²) in [6.07, 6.45) is 3.39. The number of benzene rings is 1. The van der Waals surface area contributed by atoms with Crippen LogP contribution in [0.1, 0.15) is 11.1 Å². The average molecular weight is 186 g/mol. The van der Waals surface area contributed by atoms with Gasteiger partial charge in [0.05, 0.1) is 0 Å². The summed E-state index contributed by atoms with van der Waals surface area (Å²) < 4.78 is 2.22. The fourth-order valence-electron chi connectivity index (χ4n) is 2.41. The van der Waals surface area contributed by atoms with Gasteiger partial charge >= 0.3 is 0 Å². The van der Waals surface area contributed by atoms with E-state index in [1.54, 1.807) is 0 Å². The second kappa shape index (κ2) is 2.85. The van der Waals surface area contributed by atoms with Gasteiger partial charge in [-0.25, -0.2) is 0 Å². The van der Waals surface area contributed by atoms with Crippen molar-refractivity contribution in [2.24, 2.45) is 7.05 Å². The molecule has 0 aliphatic carbocycles. The predicted octanol–water partition coefficient (Wildman–Crippen LogP) is 1.82. The molecule has 2 aromatic rings. The number of rotatable bonds is 0. The highest BCUT2D eigenvalue weighted by Crippen LogP contribution is 2.26. The van der Waals surface area contributed by atoms with Gasteiger partial charge in [-0.2, -0.15) is 0 Å². The molecule has 2 heterocycles. The predicted molar refractivity (Wildman–Crippen MR) is 58.3 cm³/mol. The Bertz CT molecular complexity index is 482. The van der Waals surface area contributed by atoms with Crippen LogP contribution in [0, 0.1) is 0 Å². The quantitative estimate of drug-likeness (QED) is 0.664. The van der Waals surface area contributed by atoms with Crippen molar-refractivity contribution in [3.63, 3.8) is 0 Å². The highest BCUT2D eigenvalue weighted by molar-refractivity contribution is 5.87. The zero-order chi connectivity index (χ0) is 9.54. The molecule has 2 nitrogen and oxygen atoms in total. The monoisotopic (exact) mass is 186 g/mol. The van der Waals surface area contributed by atoms with E-state index < -0.39 is 0 Å². The van der Waals surface area contributed by atoms with Crippen LogP contribution < -0.4 is 5.32 Å². The maximum absolute atomic E-state index is 3.45. The summed E-state index contributed by atoms with van der Waals surface area (Å²) >= 11 is 0. The van der Waals surface area contributed by atoms with E-state index in [4.69, 9.17) is 0 Å². The van der Waals surface area contributed by atoms with Crippen molar-refractivity contribution >= 4 is 10.9 Å². The number of hydrogen-bond donors (Lipinski definition) is 1. The largest absolute Gasteiger partial charge is 0.350 e. The Morgan fingerprint density at radius 3 is 3.14 bits per heavy atom. The van der Waals surface area contributed by atoms with Crippen molar-refractivity contribution in [2.45, 2.75) is 13.0 Å². The molecule has 1 aromatic carbocycles. The Kier molecular flexibility index (Phi) is 1.64. The fraction of sp³-hybridized carbons (Fsp3) is 0.333. The smallest absolute Gasteiger partial charge is 0.0483 e. The lowest BCUT2D eigenvalue weighted by molar-refractivity contribution is 0.699. The van der Waals surface area contributed by atoms with Gasteiger partial charge in [-0.15, -0.1) is 0 Å². The fourth-order valence-corrected chi connectivity index (χ4v) is 2.41. The van der Waals surface area contributed by atoms with Gasteiger partial charge < -0.3 is 9.88 Å². The molecule has 1 aliphatic heterocycles. The molecule has 1 aromatic heterocycles. The molecular weight excluding hydrogens is 172 g/mol. The minimum Gasteiger partial charge on any atom is -0.350 e. The van der Waals surface area contributed by atoms with E-state index >= 15 is 0 Å². The number of nitrogens with zero attached hydrogens (tertiary/aromatic N) is 1. The van der Waals surface area contributed by atoms with Gasteiger partial charge in [0.2, 0.25) is 0 Å². The van der Waals surface area contributed by atoms with Gasteiger partial charge in [0.1, 0.15) is 0 Å². The first-order valence-electron chi connectivity index (χ1n) is 5.13. The molecule has 72 valence electrons. The molecule has 3 rings (SSSR count). The van der Waals surface area contributed by atoms with Gasteiger partial charge in [-0.1, -0.05) is 12.1 Å². The van der Waals surface area contributed by atoms with Crippen molar-refractivity contribution in [1.82, 2.24) is 9.88 Å². The second-order valence-corrected chi connectivity index (χ2v) is 4.00. The minimum atomic E-state index is 1.01. The van der Waals surface area contributed by atoms with Gasteiger partial charge in [0, 0.05) is 30.7 Å². The molecule has 1 N–H and O–H groups in total. The lowest BCUT2D eigenvalue weighted by atomic mass is 10.1. The van der Waals surface area contributed by atoms with Crippen LogP contribution in [-0.4, -0.2) is 11.1 Å². The first kappa shape index (κ1) is 8.06. The van der Waals surface area contributed by atoms with Crippen molar-refractivity contribution in [3.8, 4) is 0 Å². The van der Waals surface area contributed by atoms with Crippen molar-refractivity contribution in [1.29, 1.82) is 0 Å². The third-order valence-electron chi connectivity index (χ3n) is 3.07. The lowest BCUT2D eigenvalue weighted by Gasteiger charge is -2.01. The Hall–Kier alpha value is -1.28. The molecule has 0 bridgehead atoms. The van der Waals surface area contributed by atoms with Crippen LogP contribution >= 0.6 is 0 Å². The molecule has 0 atom stereocenters. The Labute approximate surface area is 83.5 Å². The lowest BCUT2D eigenvalue weighted by Crippen LogP contribution is -2.13. The molecular formula is C12H14N2. The maximum atomic E-state index is 3.45. The molecule has 1 aliphatic rings. The molecule has 0 fully saturated rings. The van der Waals surface area contributed by atoms with E-state index in [-0.39, 0.29) is 0 Å². The highest BCUT2D eigenvalue weighted by Gasteiger charge is 2.12. The number of aromatic nitrogens is 1. The topological polar surface area (TPSA) is 17.0 Å². The number of hydrogen-bond acceptors (Lipinski definition) is 1. The van der Waals surface area contributed by atoms with Crippen molar-refractivity contribution in [3.05, 3.63) is 35.5 Å². The van der Waals surface area contributed by atoms with Crippen LogP contribution in [-0.2, 0) is 20.0 Å². The highest BCUT2D eigenvalue weighted by atomic mass is 14.9. The Morgan fingerprint density at radius 2 is 2.21 bits per heavy atom. The standard InChI is InChI=1S/C12H14N2/c1-14-8-10-7-13-6-5-9-3-2-4-11(14)12(9)10/h2-4,8,13H,5-7H2,1H3. The summed E-state index contributed by atoms with van der Waals surface area (Å²) in [5.41, 5.74) is 4.29. The Morgan fingerprint density at radius 1 is 1.29 bits per heavy atom. The first-order chi connectivity index (χ1) is 6.86. The van der Waals surface area contributed by atoms with E-state index in [2.05, 4.69) is 41.3 Å². The molecule has 0 spiro atoms. The van der Waals surface area contributed by atoms with Crippen LogP contribution in [0.4, 0.5) is 0 Å². The average Bonchev–Trinajstić information content (AvgIpc) is 2.41. The molecule has 2 heteroatoms. The zero-order valence-electron chi connectivity index (χ0n) is 8.38. The van der Waals surface area contributed by atoms with Crippen LogP contribution in [0.2, 0.25) is 0 Å². The summed E-state index contributed by atoms with van der Waals surface area (Å²) in [6, 6.07) is 6.61. The molecule has 0 saturated heterocycles. The van der Waals surface area contributed by atoms with Crippen LogP contribution in [0.5, 0.6) is 0 Å². The number of aryl methyl sites for hydroxylation is 1. The first-order valence-corrected chi connectivity index (χ1v) is 5.13. The van der Waals surface area contributed by atoms with Crippen LogP contribution in [0.15, 0.2) is 24.4 Å². The summed E-state index contributed by atoms with van der Waals surface area (Å²) in [6.45, 7) is 2.10. The number of nitrogens with one attached hydrogen (secondary N) is 1. The summed E-state index contributed by atoms with van der Waals surface area (Å²) in [7, 11) is 2.12. The van der Waals surface area contributed by atoms with Crippen molar-refractivity contribution in [2.75, 3.05) is 6.54 Å². The summed E-state index contributed by atoms with van der Waals surface area (Å²) in [4.78, 5) is 0. The van der Waals surface area contributed by atoms with Crippen LogP contribution in [0.3, 0.4) is 0 Å². The third kappa shape index (κ3) is 1.01. The zero-order valence-corrected chi connectivity index (χ0v) is 8.38. The minimum absolute atomic E-state index is 1.01. The molecule has 0 saturated carbocycles. The maximum Gasteiger partial charge on any atom is 0.0483 e. The summed E-state index contributed by atoms with van der Waals surface area (Å²) in [5, 5.41) is 4.93. The normalized spacial score (nSPS) is 15.8. The molecule has 0 radical (unpaired) electrons.